The van der Waals surface area contributed by atoms with Crippen molar-refractivity contribution in [3.05, 3.63) is 59.4 Å². The molecule has 7 heteroatoms. The number of aromatic nitrogens is 4. The highest BCUT2D eigenvalue weighted by molar-refractivity contribution is 6.29. The zero-order valence-corrected chi connectivity index (χ0v) is 13.1. The van der Waals surface area contributed by atoms with E-state index in [0.717, 1.165) is 5.56 Å². The molecular formula is C16H13ClN4O2. The number of halogens is 1. The Kier molecular flexibility index (Phi) is 4.34. The van der Waals surface area contributed by atoms with Gasteiger partial charge in [0.2, 0.25) is 0 Å². The molecule has 1 aromatic carbocycles. The summed E-state index contributed by atoms with van der Waals surface area (Å²) in [5, 5.41) is 12.4. The minimum Gasteiger partial charge on any atom is -0.461 e. The maximum Gasteiger partial charge on any atom is 0.358 e. The standard InChI is InChI=1S/C16H13ClN4O2/c1-2-23-16(22)12-10-13(11-6-4-3-5-7-11)21(20-12)15-9-8-14(17)18-19-15/h3-10H,2H2,1H3. The third kappa shape index (κ3) is 3.22. The molecular weight excluding hydrogens is 316 g/mol. The Labute approximate surface area is 137 Å². The molecule has 0 aliphatic heterocycles. The Morgan fingerprint density at radius 1 is 1.17 bits per heavy atom. The van der Waals surface area contributed by atoms with E-state index in [4.69, 9.17) is 16.3 Å². The van der Waals surface area contributed by atoms with Crippen LogP contribution in [-0.4, -0.2) is 32.6 Å². The van der Waals surface area contributed by atoms with Gasteiger partial charge in [0, 0.05) is 5.56 Å². The Morgan fingerprint density at radius 2 is 1.96 bits per heavy atom. The predicted octanol–water partition coefficient (Wildman–Crippen LogP) is 3.16. The highest BCUT2D eigenvalue weighted by Gasteiger charge is 2.18. The van der Waals surface area contributed by atoms with Crippen molar-refractivity contribution in [1.82, 2.24) is 20.0 Å². The van der Waals surface area contributed by atoms with Crippen LogP contribution in [0.2, 0.25) is 5.15 Å². The summed E-state index contributed by atoms with van der Waals surface area (Å²) in [7, 11) is 0. The Bertz CT molecular complexity index is 816. The van der Waals surface area contributed by atoms with Gasteiger partial charge in [0.05, 0.1) is 12.3 Å². The van der Waals surface area contributed by atoms with Crippen LogP contribution in [0.5, 0.6) is 0 Å². The van der Waals surface area contributed by atoms with Gasteiger partial charge >= 0.3 is 5.97 Å². The summed E-state index contributed by atoms with van der Waals surface area (Å²) >= 11 is 5.78. The predicted molar refractivity (Wildman–Crippen MR) is 85.6 cm³/mol. The van der Waals surface area contributed by atoms with Crippen LogP contribution in [0.15, 0.2) is 48.5 Å². The second-order valence-corrected chi connectivity index (χ2v) is 5.01. The summed E-state index contributed by atoms with van der Waals surface area (Å²) in [6, 6.07) is 14.5. The van der Waals surface area contributed by atoms with Crippen LogP contribution in [0.3, 0.4) is 0 Å². The van der Waals surface area contributed by atoms with Crippen LogP contribution in [-0.2, 0) is 4.74 Å². The molecule has 23 heavy (non-hydrogen) atoms. The maximum absolute atomic E-state index is 12.0. The topological polar surface area (TPSA) is 69.9 Å². The molecule has 0 saturated heterocycles. The number of ether oxygens (including phenoxy) is 1. The lowest BCUT2D eigenvalue weighted by Crippen LogP contribution is -2.08. The molecule has 3 rings (SSSR count). The van der Waals surface area contributed by atoms with Crippen molar-refractivity contribution in [2.45, 2.75) is 6.92 Å². The van der Waals surface area contributed by atoms with Crippen LogP contribution in [0.25, 0.3) is 17.1 Å². The van der Waals surface area contributed by atoms with E-state index < -0.39 is 5.97 Å². The number of rotatable bonds is 4. The zero-order chi connectivity index (χ0) is 16.2. The smallest absolute Gasteiger partial charge is 0.358 e. The molecule has 0 aliphatic carbocycles. The molecule has 0 aliphatic rings. The SMILES string of the molecule is CCOC(=O)c1cc(-c2ccccc2)n(-c2ccc(Cl)nn2)n1. The first-order valence-electron chi connectivity index (χ1n) is 7.01. The fourth-order valence-electron chi connectivity index (χ4n) is 2.10. The zero-order valence-electron chi connectivity index (χ0n) is 12.3. The third-order valence-electron chi connectivity index (χ3n) is 3.10. The Balaban J connectivity index is 2.12. The maximum atomic E-state index is 12.0. The number of carbonyl (C=O) groups excluding carboxylic acids is 1. The molecule has 0 amide bonds. The summed E-state index contributed by atoms with van der Waals surface area (Å²) in [6.07, 6.45) is 0. The van der Waals surface area contributed by atoms with Crippen LogP contribution in [0.4, 0.5) is 0 Å². The van der Waals surface area contributed by atoms with E-state index in [2.05, 4.69) is 15.3 Å². The number of benzene rings is 1. The highest BCUT2D eigenvalue weighted by Crippen LogP contribution is 2.23. The molecule has 0 unspecified atom stereocenters. The fourth-order valence-corrected chi connectivity index (χ4v) is 2.20. The van der Waals surface area contributed by atoms with Crippen molar-refractivity contribution in [1.29, 1.82) is 0 Å². The first-order valence-corrected chi connectivity index (χ1v) is 7.39. The molecule has 0 radical (unpaired) electrons. The molecule has 3 aromatic rings. The van der Waals surface area contributed by atoms with Gasteiger partial charge in [-0.3, -0.25) is 0 Å². The average Bonchev–Trinajstić information content (AvgIpc) is 3.02. The van der Waals surface area contributed by atoms with Gasteiger partial charge in [0.25, 0.3) is 0 Å². The van der Waals surface area contributed by atoms with Gasteiger partial charge in [-0.2, -0.15) is 5.10 Å². The normalized spacial score (nSPS) is 10.5. The van der Waals surface area contributed by atoms with Crippen molar-refractivity contribution in [2.24, 2.45) is 0 Å². The van der Waals surface area contributed by atoms with Gasteiger partial charge in [0.15, 0.2) is 16.7 Å². The van der Waals surface area contributed by atoms with Crippen molar-refractivity contribution < 1.29 is 9.53 Å². The lowest BCUT2D eigenvalue weighted by molar-refractivity contribution is 0.0519. The number of hydrogen-bond acceptors (Lipinski definition) is 5. The van der Waals surface area contributed by atoms with Gasteiger partial charge in [-0.1, -0.05) is 41.9 Å². The molecule has 0 saturated carbocycles. The number of nitrogens with zero attached hydrogens (tertiary/aromatic N) is 4. The fraction of sp³-hybridized carbons (Fsp3) is 0.125. The molecule has 6 nitrogen and oxygen atoms in total. The third-order valence-corrected chi connectivity index (χ3v) is 3.30. The molecule has 2 aromatic heterocycles. The second kappa shape index (κ2) is 6.58. The lowest BCUT2D eigenvalue weighted by atomic mass is 10.1. The van der Waals surface area contributed by atoms with Gasteiger partial charge in [0.1, 0.15) is 0 Å². The van der Waals surface area contributed by atoms with E-state index in [-0.39, 0.29) is 17.5 Å². The minimum absolute atomic E-state index is 0.211. The van der Waals surface area contributed by atoms with E-state index in [9.17, 15) is 4.79 Å². The Morgan fingerprint density at radius 3 is 2.61 bits per heavy atom. The van der Waals surface area contributed by atoms with Crippen molar-refractivity contribution >= 4 is 17.6 Å². The van der Waals surface area contributed by atoms with E-state index >= 15 is 0 Å². The summed E-state index contributed by atoms with van der Waals surface area (Å²) in [5.74, 6) is -0.0193. The van der Waals surface area contributed by atoms with Gasteiger partial charge in [-0.15, -0.1) is 10.2 Å². The molecule has 116 valence electrons. The second-order valence-electron chi connectivity index (χ2n) is 4.63. The van der Waals surface area contributed by atoms with E-state index in [1.165, 1.54) is 0 Å². The largest absolute Gasteiger partial charge is 0.461 e. The number of carbonyl (C=O) groups is 1. The van der Waals surface area contributed by atoms with Crippen LogP contribution in [0.1, 0.15) is 17.4 Å². The molecule has 2 heterocycles. The molecule has 0 spiro atoms. The van der Waals surface area contributed by atoms with Gasteiger partial charge in [-0.05, 0) is 25.1 Å². The quantitative estimate of drug-likeness (QED) is 0.688. The first kappa shape index (κ1) is 15.2. The molecule has 0 atom stereocenters. The van der Waals surface area contributed by atoms with E-state index in [1.807, 2.05) is 30.3 Å². The lowest BCUT2D eigenvalue weighted by Gasteiger charge is -2.05. The summed E-state index contributed by atoms with van der Waals surface area (Å²) < 4.78 is 6.56. The van der Waals surface area contributed by atoms with E-state index in [1.54, 1.807) is 29.8 Å². The van der Waals surface area contributed by atoms with Gasteiger partial charge < -0.3 is 4.74 Å². The summed E-state index contributed by atoms with van der Waals surface area (Å²) in [5.41, 5.74) is 1.82. The van der Waals surface area contributed by atoms with Crippen LogP contribution >= 0.6 is 11.6 Å². The Hall–Kier alpha value is -2.73. The molecule has 0 fully saturated rings. The first-order chi connectivity index (χ1) is 11.2. The molecule has 0 bridgehead atoms. The highest BCUT2D eigenvalue weighted by atomic mass is 35.5. The summed E-state index contributed by atoms with van der Waals surface area (Å²) in [6.45, 7) is 2.03. The summed E-state index contributed by atoms with van der Waals surface area (Å²) in [4.78, 5) is 12.0. The number of esters is 1. The van der Waals surface area contributed by atoms with Gasteiger partial charge in [-0.25, -0.2) is 9.48 Å². The van der Waals surface area contributed by atoms with Crippen molar-refractivity contribution in [2.75, 3.05) is 6.61 Å². The van der Waals surface area contributed by atoms with Crippen molar-refractivity contribution in [3.63, 3.8) is 0 Å². The van der Waals surface area contributed by atoms with E-state index in [0.29, 0.717) is 11.5 Å². The van der Waals surface area contributed by atoms with Crippen molar-refractivity contribution in [3.8, 4) is 17.1 Å². The van der Waals surface area contributed by atoms with Crippen LogP contribution < -0.4 is 0 Å². The average molecular weight is 329 g/mol. The number of hydrogen-bond donors (Lipinski definition) is 0. The monoisotopic (exact) mass is 328 g/mol. The minimum atomic E-state index is -0.481. The molecule has 0 N–H and O–H groups in total. The van der Waals surface area contributed by atoms with Crippen LogP contribution in [0, 0.1) is 0 Å².